The van der Waals surface area contributed by atoms with Gasteiger partial charge in [-0.05, 0) is 76.6 Å². The number of nitrogens with zero attached hydrogens (tertiary/aromatic N) is 3. The molecule has 1 amide bonds. The molecule has 0 radical (unpaired) electrons. The van der Waals surface area contributed by atoms with E-state index in [1.807, 2.05) is 24.3 Å². The lowest BCUT2D eigenvalue weighted by Crippen LogP contribution is -2.21. The van der Waals surface area contributed by atoms with Crippen molar-refractivity contribution in [1.82, 2.24) is 9.66 Å². The lowest BCUT2D eigenvalue weighted by molar-refractivity contribution is -0.118. The molecule has 11 heteroatoms. The van der Waals surface area contributed by atoms with Crippen LogP contribution < -0.4 is 15.6 Å². The summed E-state index contributed by atoms with van der Waals surface area (Å²) in [4.78, 5) is 30.8. The second kappa shape index (κ2) is 11.6. The van der Waals surface area contributed by atoms with Gasteiger partial charge in [0.15, 0.2) is 12.4 Å². The quantitative estimate of drug-likeness (QED) is 0.184. The van der Waals surface area contributed by atoms with Crippen molar-refractivity contribution in [2.75, 3.05) is 11.9 Å². The Balaban J connectivity index is 1.37. The molecule has 0 aliphatic carbocycles. The summed E-state index contributed by atoms with van der Waals surface area (Å²) in [6.07, 6.45) is 1.40. The van der Waals surface area contributed by atoms with Gasteiger partial charge in [0.2, 0.25) is 5.82 Å². The molecule has 0 fully saturated rings. The fourth-order valence-electron chi connectivity index (χ4n) is 4.30. The third-order valence-corrected chi connectivity index (χ3v) is 7.03. The van der Waals surface area contributed by atoms with Crippen LogP contribution in [0.4, 0.5) is 10.1 Å². The van der Waals surface area contributed by atoms with Crippen LogP contribution in [0.5, 0.6) is 5.75 Å². The molecular formula is C31H19BrClFN4O4. The van der Waals surface area contributed by atoms with E-state index in [-0.39, 0.29) is 18.2 Å². The Morgan fingerprint density at radius 1 is 1.07 bits per heavy atom. The standard InChI is InChI=1S/C31H19BrClFN4O4/c32-24-15-20(33)13-19(29(24)41-17-28(39)36-22-11-9-21(34)10-12-22)16-35-38-30(27-14-18-5-1-4-8-26(18)42-27)37-25-7-3-2-6-23(25)31(38)40/h1-16H,17H2,(H,36,39). The average molecular weight is 646 g/mol. The van der Waals surface area contributed by atoms with E-state index in [0.29, 0.717) is 43.0 Å². The highest BCUT2D eigenvalue weighted by Crippen LogP contribution is 2.32. The van der Waals surface area contributed by atoms with Crippen LogP contribution in [-0.2, 0) is 4.79 Å². The number of furan rings is 1. The minimum absolute atomic E-state index is 0.202. The van der Waals surface area contributed by atoms with Gasteiger partial charge < -0.3 is 14.5 Å². The number of hydrogen-bond donors (Lipinski definition) is 1. The van der Waals surface area contributed by atoms with E-state index in [1.54, 1.807) is 42.5 Å². The molecule has 8 nitrogen and oxygen atoms in total. The normalized spacial score (nSPS) is 11.4. The number of amides is 1. The maximum atomic E-state index is 13.6. The van der Waals surface area contributed by atoms with E-state index in [2.05, 4.69) is 31.3 Å². The fourth-order valence-corrected chi connectivity index (χ4v) is 5.25. The molecule has 2 aromatic heterocycles. The van der Waals surface area contributed by atoms with Crippen molar-refractivity contribution in [2.24, 2.45) is 5.10 Å². The molecule has 1 N–H and O–H groups in total. The lowest BCUT2D eigenvalue weighted by Gasteiger charge is -2.12. The Kier molecular flexibility index (Phi) is 7.56. The summed E-state index contributed by atoms with van der Waals surface area (Å²) >= 11 is 9.74. The molecule has 4 aromatic carbocycles. The van der Waals surface area contributed by atoms with Gasteiger partial charge in [-0.1, -0.05) is 41.9 Å². The summed E-state index contributed by atoms with van der Waals surface area (Å²) in [6, 6.07) is 24.8. The first-order valence-electron chi connectivity index (χ1n) is 12.6. The van der Waals surface area contributed by atoms with E-state index in [9.17, 15) is 14.0 Å². The molecule has 0 aliphatic heterocycles. The van der Waals surface area contributed by atoms with E-state index < -0.39 is 17.3 Å². The smallest absolute Gasteiger partial charge is 0.282 e. The minimum Gasteiger partial charge on any atom is -0.482 e. The second-order valence-electron chi connectivity index (χ2n) is 9.11. The topological polar surface area (TPSA) is 98.7 Å². The summed E-state index contributed by atoms with van der Waals surface area (Å²) in [5.41, 5.74) is 1.53. The van der Waals surface area contributed by atoms with Crippen LogP contribution in [0.3, 0.4) is 0 Å². The number of rotatable bonds is 7. The fraction of sp³-hybridized carbons (Fsp3) is 0.0323. The number of hydrogen-bond acceptors (Lipinski definition) is 6. The predicted octanol–water partition coefficient (Wildman–Crippen LogP) is 7.26. The molecule has 0 saturated heterocycles. The molecule has 6 aromatic rings. The van der Waals surface area contributed by atoms with Crippen LogP contribution in [0.25, 0.3) is 33.5 Å². The lowest BCUT2D eigenvalue weighted by atomic mass is 10.2. The molecule has 0 spiro atoms. The Morgan fingerprint density at radius 3 is 2.64 bits per heavy atom. The van der Waals surface area contributed by atoms with Crippen molar-refractivity contribution in [1.29, 1.82) is 0 Å². The van der Waals surface area contributed by atoms with E-state index in [0.717, 1.165) is 10.1 Å². The van der Waals surface area contributed by atoms with E-state index in [1.165, 1.54) is 30.5 Å². The van der Waals surface area contributed by atoms with Crippen molar-refractivity contribution < 1.29 is 18.3 Å². The zero-order valence-electron chi connectivity index (χ0n) is 21.6. The van der Waals surface area contributed by atoms with Crippen LogP contribution >= 0.6 is 27.5 Å². The highest BCUT2D eigenvalue weighted by atomic mass is 79.9. The zero-order valence-corrected chi connectivity index (χ0v) is 23.9. The number of carbonyl (C=O) groups is 1. The molecule has 42 heavy (non-hydrogen) atoms. The molecule has 0 atom stereocenters. The highest BCUT2D eigenvalue weighted by molar-refractivity contribution is 9.10. The van der Waals surface area contributed by atoms with Crippen molar-refractivity contribution in [2.45, 2.75) is 0 Å². The number of fused-ring (bicyclic) bond motifs is 2. The summed E-state index contributed by atoms with van der Waals surface area (Å²) in [5.74, 6) is -0.0498. The van der Waals surface area contributed by atoms with Gasteiger partial charge in [0.25, 0.3) is 11.5 Å². The number of carbonyl (C=O) groups excluding carboxylic acids is 1. The SMILES string of the molecule is O=C(COc1c(Br)cc(Cl)cc1C=Nn1c(-c2cc3ccccc3o2)nc2ccccc2c1=O)Nc1ccc(F)cc1. The van der Waals surface area contributed by atoms with Crippen molar-refractivity contribution >= 4 is 67.2 Å². The van der Waals surface area contributed by atoms with Crippen LogP contribution in [0.15, 0.2) is 110 Å². The first kappa shape index (κ1) is 27.4. The third kappa shape index (κ3) is 5.67. The minimum atomic E-state index is -0.464. The molecule has 0 saturated carbocycles. The van der Waals surface area contributed by atoms with Gasteiger partial charge in [0.1, 0.15) is 17.1 Å². The van der Waals surface area contributed by atoms with Crippen LogP contribution in [0.1, 0.15) is 5.56 Å². The van der Waals surface area contributed by atoms with Gasteiger partial charge in [-0.15, -0.1) is 0 Å². The zero-order chi connectivity index (χ0) is 29.2. The number of halogens is 3. The molecule has 0 bridgehead atoms. The maximum Gasteiger partial charge on any atom is 0.282 e. The van der Waals surface area contributed by atoms with Gasteiger partial charge in [0, 0.05) is 21.7 Å². The van der Waals surface area contributed by atoms with Crippen LogP contribution in [0.2, 0.25) is 5.02 Å². The first-order chi connectivity index (χ1) is 20.4. The Morgan fingerprint density at radius 2 is 1.83 bits per heavy atom. The number of aromatic nitrogens is 2. The number of benzene rings is 4. The van der Waals surface area contributed by atoms with Crippen LogP contribution in [0, 0.1) is 5.82 Å². The number of ether oxygens (including phenoxy) is 1. The summed E-state index contributed by atoms with van der Waals surface area (Å²) in [7, 11) is 0. The molecular weight excluding hydrogens is 627 g/mol. The van der Waals surface area contributed by atoms with Gasteiger partial charge in [-0.3, -0.25) is 9.59 Å². The van der Waals surface area contributed by atoms with Gasteiger partial charge >= 0.3 is 0 Å². The second-order valence-corrected chi connectivity index (χ2v) is 10.4. The van der Waals surface area contributed by atoms with Gasteiger partial charge in [-0.25, -0.2) is 9.37 Å². The third-order valence-electron chi connectivity index (χ3n) is 6.22. The molecule has 2 heterocycles. The Labute approximate surface area is 251 Å². The molecule has 0 aliphatic rings. The maximum absolute atomic E-state index is 13.6. The molecule has 6 rings (SSSR count). The molecule has 0 unspecified atom stereocenters. The van der Waals surface area contributed by atoms with Crippen molar-refractivity contribution in [3.05, 3.63) is 122 Å². The summed E-state index contributed by atoms with van der Waals surface area (Å²) < 4.78 is 26.6. The predicted molar refractivity (Wildman–Crippen MR) is 164 cm³/mol. The number of nitrogens with one attached hydrogen (secondary N) is 1. The van der Waals surface area contributed by atoms with Gasteiger partial charge in [0.05, 0.1) is 21.6 Å². The van der Waals surface area contributed by atoms with Gasteiger partial charge in [-0.2, -0.15) is 9.78 Å². The monoisotopic (exact) mass is 644 g/mol. The van der Waals surface area contributed by atoms with E-state index in [4.69, 9.17) is 20.8 Å². The number of anilines is 1. The largest absolute Gasteiger partial charge is 0.482 e. The molecule has 208 valence electrons. The van der Waals surface area contributed by atoms with Crippen molar-refractivity contribution in [3.8, 4) is 17.3 Å². The highest BCUT2D eigenvalue weighted by Gasteiger charge is 2.17. The summed E-state index contributed by atoms with van der Waals surface area (Å²) in [6.45, 7) is -0.361. The van der Waals surface area contributed by atoms with Crippen LogP contribution in [-0.4, -0.2) is 28.4 Å². The average Bonchev–Trinajstić information content (AvgIpc) is 3.41. The Hall–Kier alpha value is -4.80. The summed E-state index contributed by atoms with van der Waals surface area (Å²) in [5, 5.41) is 8.70. The number of para-hydroxylation sites is 2. The van der Waals surface area contributed by atoms with E-state index >= 15 is 0 Å². The first-order valence-corrected chi connectivity index (χ1v) is 13.8. The van der Waals surface area contributed by atoms with Crippen molar-refractivity contribution in [3.63, 3.8) is 0 Å². The Bertz CT molecular complexity index is 2020.